The Morgan fingerprint density at radius 2 is 1.75 bits per heavy atom. The van der Waals surface area contributed by atoms with E-state index in [0.29, 0.717) is 12.1 Å². The average molecular weight is 227 g/mol. The highest BCUT2D eigenvalue weighted by Gasteiger charge is 2.19. The maximum absolute atomic E-state index is 5.58. The molecule has 2 aliphatic rings. The molecule has 0 aromatic carbocycles. The SMILES string of the molecule is C[C@@H]1CCCC[C@H](CCC2OCCCO2)N1. The summed E-state index contributed by atoms with van der Waals surface area (Å²) in [6, 6.07) is 1.35. The van der Waals surface area contributed by atoms with E-state index < -0.39 is 0 Å². The number of nitrogens with one attached hydrogen (secondary N) is 1. The molecule has 3 nitrogen and oxygen atoms in total. The van der Waals surface area contributed by atoms with Gasteiger partial charge in [-0.05, 0) is 39.0 Å². The van der Waals surface area contributed by atoms with Crippen molar-refractivity contribution in [2.24, 2.45) is 0 Å². The van der Waals surface area contributed by atoms with Gasteiger partial charge in [-0.15, -0.1) is 0 Å². The Labute approximate surface area is 98.9 Å². The minimum Gasteiger partial charge on any atom is -0.353 e. The first-order valence-corrected chi connectivity index (χ1v) is 6.84. The van der Waals surface area contributed by atoms with Crippen molar-refractivity contribution in [2.45, 2.75) is 70.2 Å². The van der Waals surface area contributed by atoms with E-state index in [4.69, 9.17) is 9.47 Å². The minimum absolute atomic E-state index is 0.0640. The molecule has 2 saturated heterocycles. The second kappa shape index (κ2) is 6.58. The van der Waals surface area contributed by atoms with Crippen LogP contribution in [0.3, 0.4) is 0 Å². The van der Waals surface area contributed by atoms with Gasteiger partial charge >= 0.3 is 0 Å². The van der Waals surface area contributed by atoms with Gasteiger partial charge < -0.3 is 14.8 Å². The zero-order valence-electron chi connectivity index (χ0n) is 10.4. The second-order valence-electron chi connectivity index (χ2n) is 5.15. The summed E-state index contributed by atoms with van der Waals surface area (Å²) < 4.78 is 11.2. The third kappa shape index (κ3) is 4.04. The first kappa shape index (κ1) is 12.3. The first-order chi connectivity index (χ1) is 7.84. The quantitative estimate of drug-likeness (QED) is 0.803. The Hall–Kier alpha value is -0.120. The van der Waals surface area contributed by atoms with E-state index in [9.17, 15) is 0 Å². The Morgan fingerprint density at radius 1 is 1.00 bits per heavy atom. The molecule has 0 unspecified atom stereocenters. The summed E-state index contributed by atoms with van der Waals surface area (Å²) in [5.41, 5.74) is 0. The lowest BCUT2D eigenvalue weighted by Gasteiger charge is -2.26. The predicted molar refractivity (Wildman–Crippen MR) is 64.4 cm³/mol. The maximum Gasteiger partial charge on any atom is 0.157 e. The fourth-order valence-corrected chi connectivity index (χ4v) is 2.68. The van der Waals surface area contributed by atoms with E-state index in [2.05, 4.69) is 12.2 Å². The van der Waals surface area contributed by atoms with Crippen LogP contribution < -0.4 is 5.32 Å². The minimum atomic E-state index is 0.0640. The van der Waals surface area contributed by atoms with Gasteiger partial charge in [-0.2, -0.15) is 0 Å². The summed E-state index contributed by atoms with van der Waals surface area (Å²) in [6.07, 6.45) is 8.74. The van der Waals surface area contributed by atoms with Crippen molar-refractivity contribution >= 4 is 0 Å². The fourth-order valence-electron chi connectivity index (χ4n) is 2.68. The van der Waals surface area contributed by atoms with Gasteiger partial charge in [0.15, 0.2) is 6.29 Å². The van der Waals surface area contributed by atoms with Crippen LogP contribution in [-0.4, -0.2) is 31.6 Å². The van der Waals surface area contributed by atoms with Gasteiger partial charge in [-0.3, -0.25) is 0 Å². The molecule has 3 heteroatoms. The van der Waals surface area contributed by atoms with Crippen LogP contribution in [0.15, 0.2) is 0 Å². The molecular weight excluding hydrogens is 202 g/mol. The molecule has 0 aromatic rings. The maximum atomic E-state index is 5.58. The number of hydrogen-bond acceptors (Lipinski definition) is 3. The number of hydrogen-bond donors (Lipinski definition) is 1. The lowest BCUT2D eigenvalue weighted by molar-refractivity contribution is -0.182. The van der Waals surface area contributed by atoms with Crippen LogP contribution in [0, 0.1) is 0 Å². The molecule has 2 atom stereocenters. The molecular formula is C13H25NO2. The Bertz CT molecular complexity index is 192. The molecule has 0 aromatic heterocycles. The molecule has 0 radical (unpaired) electrons. The molecule has 0 saturated carbocycles. The van der Waals surface area contributed by atoms with Gasteiger partial charge in [0.05, 0.1) is 13.2 Å². The van der Waals surface area contributed by atoms with Gasteiger partial charge in [0.2, 0.25) is 0 Å². The van der Waals surface area contributed by atoms with Crippen molar-refractivity contribution in [1.29, 1.82) is 0 Å². The third-order valence-corrected chi connectivity index (χ3v) is 3.61. The Morgan fingerprint density at radius 3 is 2.56 bits per heavy atom. The van der Waals surface area contributed by atoms with Crippen molar-refractivity contribution < 1.29 is 9.47 Å². The fraction of sp³-hybridized carbons (Fsp3) is 1.00. The monoisotopic (exact) mass is 227 g/mol. The Balaban J connectivity index is 1.67. The van der Waals surface area contributed by atoms with Crippen LogP contribution in [0.5, 0.6) is 0 Å². The normalized spacial score (nSPS) is 33.6. The van der Waals surface area contributed by atoms with Gasteiger partial charge in [-0.25, -0.2) is 0 Å². The molecule has 0 aliphatic carbocycles. The van der Waals surface area contributed by atoms with Crippen molar-refractivity contribution in [3.05, 3.63) is 0 Å². The van der Waals surface area contributed by atoms with E-state index in [0.717, 1.165) is 26.1 Å². The van der Waals surface area contributed by atoms with Crippen molar-refractivity contribution in [3.63, 3.8) is 0 Å². The van der Waals surface area contributed by atoms with Gasteiger partial charge in [0.25, 0.3) is 0 Å². The zero-order valence-corrected chi connectivity index (χ0v) is 10.4. The summed E-state index contributed by atoms with van der Waals surface area (Å²) >= 11 is 0. The standard InChI is InChI=1S/C13H25NO2/c1-11-5-2-3-6-12(14-11)7-8-13-15-9-4-10-16-13/h11-14H,2-10H2,1H3/t11-,12-/m1/s1. The highest BCUT2D eigenvalue weighted by molar-refractivity contribution is 4.76. The summed E-state index contributed by atoms with van der Waals surface area (Å²) in [7, 11) is 0. The van der Waals surface area contributed by atoms with Crippen LogP contribution in [0.25, 0.3) is 0 Å². The summed E-state index contributed by atoms with van der Waals surface area (Å²) in [5.74, 6) is 0. The van der Waals surface area contributed by atoms with Crippen LogP contribution in [-0.2, 0) is 9.47 Å². The van der Waals surface area contributed by atoms with Gasteiger partial charge in [-0.1, -0.05) is 12.8 Å². The zero-order chi connectivity index (χ0) is 11.2. The second-order valence-corrected chi connectivity index (χ2v) is 5.15. The van der Waals surface area contributed by atoms with Crippen LogP contribution in [0.4, 0.5) is 0 Å². The summed E-state index contributed by atoms with van der Waals surface area (Å²) in [5, 5.41) is 3.71. The van der Waals surface area contributed by atoms with Crippen LogP contribution in [0.1, 0.15) is 51.9 Å². The van der Waals surface area contributed by atoms with Gasteiger partial charge in [0, 0.05) is 12.1 Å². The van der Waals surface area contributed by atoms with Gasteiger partial charge in [0.1, 0.15) is 0 Å². The number of rotatable bonds is 3. The molecule has 16 heavy (non-hydrogen) atoms. The molecule has 94 valence electrons. The Kier molecular flexibility index (Phi) is 5.07. The smallest absolute Gasteiger partial charge is 0.157 e. The average Bonchev–Trinajstić information content (AvgIpc) is 2.52. The van der Waals surface area contributed by atoms with E-state index in [1.807, 2.05) is 0 Å². The van der Waals surface area contributed by atoms with Crippen LogP contribution in [0.2, 0.25) is 0 Å². The molecule has 2 aliphatic heterocycles. The van der Waals surface area contributed by atoms with E-state index in [-0.39, 0.29) is 6.29 Å². The van der Waals surface area contributed by atoms with Crippen molar-refractivity contribution in [1.82, 2.24) is 5.32 Å². The number of ether oxygens (including phenoxy) is 2. The third-order valence-electron chi connectivity index (χ3n) is 3.61. The van der Waals surface area contributed by atoms with Crippen molar-refractivity contribution in [2.75, 3.05) is 13.2 Å². The highest BCUT2D eigenvalue weighted by Crippen LogP contribution is 2.18. The highest BCUT2D eigenvalue weighted by atomic mass is 16.7. The van der Waals surface area contributed by atoms with Crippen molar-refractivity contribution in [3.8, 4) is 0 Å². The molecule has 2 heterocycles. The predicted octanol–water partition coefficient (Wildman–Crippen LogP) is 2.45. The van der Waals surface area contributed by atoms with E-state index in [1.165, 1.54) is 32.1 Å². The summed E-state index contributed by atoms with van der Waals surface area (Å²) in [6.45, 7) is 4.05. The molecule has 2 rings (SSSR count). The molecule has 2 fully saturated rings. The van der Waals surface area contributed by atoms with Crippen LogP contribution >= 0.6 is 0 Å². The van der Waals surface area contributed by atoms with E-state index >= 15 is 0 Å². The molecule has 1 N–H and O–H groups in total. The first-order valence-electron chi connectivity index (χ1n) is 6.84. The lowest BCUT2D eigenvalue weighted by atomic mass is 10.1. The topological polar surface area (TPSA) is 30.5 Å². The largest absolute Gasteiger partial charge is 0.353 e. The lowest BCUT2D eigenvalue weighted by Crippen LogP contribution is -2.36. The molecule has 0 amide bonds. The van der Waals surface area contributed by atoms with E-state index in [1.54, 1.807) is 0 Å². The molecule has 0 bridgehead atoms. The molecule has 0 spiro atoms. The summed E-state index contributed by atoms with van der Waals surface area (Å²) in [4.78, 5) is 0.